The monoisotopic (exact) mass is 447 g/mol. The molecule has 160 valence electrons. The highest BCUT2D eigenvalue weighted by molar-refractivity contribution is 6.30. The first-order chi connectivity index (χ1) is 15.4. The normalized spacial score (nSPS) is 10.7. The average molecular weight is 448 g/mol. The summed E-state index contributed by atoms with van der Waals surface area (Å²) in [5.41, 5.74) is 1.52. The van der Waals surface area contributed by atoms with Crippen molar-refractivity contribution in [3.8, 4) is 5.75 Å². The lowest BCUT2D eigenvalue weighted by Gasteiger charge is -2.11. The molecule has 0 spiro atoms. The van der Waals surface area contributed by atoms with Gasteiger partial charge in [-0.15, -0.1) is 0 Å². The zero-order chi connectivity index (χ0) is 22.7. The summed E-state index contributed by atoms with van der Waals surface area (Å²) < 4.78 is 0. The summed E-state index contributed by atoms with van der Waals surface area (Å²) in [6, 6.07) is 19.4. The number of hydrogen-bond donors (Lipinski definition) is 4. The van der Waals surface area contributed by atoms with Crippen LogP contribution in [0.15, 0.2) is 77.6 Å². The molecule has 0 bridgehead atoms. The number of carbonyl (C=O) groups excluding carboxylic acids is 2. The van der Waals surface area contributed by atoms with Crippen LogP contribution >= 0.6 is 11.6 Å². The van der Waals surface area contributed by atoms with Crippen LogP contribution in [-0.4, -0.2) is 21.9 Å². The zero-order valence-electron chi connectivity index (χ0n) is 16.7. The highest BCUT2D eigenvalue weighted by Crippen LogP contribution is 2.23. The maximum absolute atomic E-state index is 12.7. The number of halogens is 1. The van der Waals surface area contributed by atoms with E-state index in [1.165, 1.54) is 30.3 Å². The van der Waals surface area contributed by atoms with E-state index in [1.54, 1.807) is 42.5 Å². The van der Waals surface area contributed by atoms with E-state index in [0.29, 0.717) is 27.3 Å². The van der Waals surface area contributed by atoms with Crippen LogP contribution in [0.4, 0.5) is 11.4 Å². The molecule has 8 heteroatoms. The van der Waals surface area contributed by atoms with Crippen LogP contribution in [0.2, 0.25) is 5.02 Å². The Balaban J connectivity index is 1.60. The molecular weight excluding hydrogens is 430 g/mol. The van der Waals surface area contributed by atoms with Crippen molar-refractivity contribution in [2.24, 2.45) is 0 Å². The summed E-state index contributed by atoms with van der Waals surface area (Å²) in [5, 5.41) is 15.9. The summed E-state index contributed by atoms with van der Waals surface area (Å²) in [7, 11) is 0. The second-order valence-electron chi connectivity index (χ2n) is 7.13. The van der Waals surface area contributed by atoms with Gasteiger partial charge >= 0.3 is 0 Å². The fourth-order valence-electron chi connectivity index (χ4n) is 3.23. The van der Waals surface area contributed by atoms with E-state index in [0.717, 1.165) is 5.56 Å². The molecule has 0 unspecified atom stereocenters. The van der Waals surface area contributed by atoms with Crippen molar-refractivity contribution >= 4 is 45.7 Å². The van der Waals surface area contributed by atoms with Crippen molar-refractivity contribution in [2.75, 3.05) is 10.6 Å². The van der Waals surface area contributed by atoms with Crippen LogP contribution in [0, 0.1) is 0 Å². The molecule has 2 amide bonds. The van der Waals surface area contributed by atoms with Gasteiger partial charge in [0.1, 0.15) is 11.3 Å². The number of nitrogens with one attached hydrogen (secondary N) is 3. The van der Waals surface area contributed by atoms with E-state index in [1.807, 2.05) is 0 Å². The largest absolute Gasteiger partial charge is 0.508 e. The Labute approximate surface area is 187 Å². The lowest BCUT2D eigenvalue weighted by atomic mass is 10.1. The number of fused-ring (bicyclic) bond motifs is 1. The zero-order valence-corrected chi connectivity index (χ0v) is 17.4. The van der Waals surface area contributed by atoms with Crippen LogP contribution in [0.1, 0.15) is 15.9 Å². The number of phenolic OH excluding ortho intramolecular Hbond substituents is 1. The Morgan fingerprint density at radius 2 is 1.66 bits per heavy atom. The highest BCUT2D eigenvalue weighted by Gasteiger charge is 2.15. The van der Waals surface area contributed by atoms with Gasteiger partial charge in [0, 0.05) is 16.1 Å². The van der Waals surface area contributed by atoms with Crippen LogP contribution < -0.4 is 16.2 Å². The van der Waals surface area contributed by atoms with Crippen LogP contribution in [0.5, 0.6) is 5.75 Å². The van der Waals surface area contributed by atoms with E-state index in [2.05, 4.69) is 15.6 Å². The smallest absolute Gasteiger partial charge is 0.261 e. The number of amides is 2. The molecule has 0 radical (unpaired) electrons. The number of phenols is 1. The van der Waals surface area contributed by atoms with Gasteiger partial charge in [-0.25, -0.2) is 0 Å². The van der Waals surface area contributed by atoms with E-state index in [9.17, 15) is 19.5 Å². The van der Waals surface area contributed by atoms with Gasteiger partial charge in [0.15, 0.2) is 0 Å². The number of rotatable bonds is 5. The number of carbonyl (C=O) groups is 2. The number of hydrogen-bond acceptors (Lipinski definition) is 4. The summed E-state index contributed by atoms with van der Waals surface area (Å²) >= 11 is 5.88. The molecule has 0 atom stereocenters. The minimum Gasteiger partial charge on any atom is -0.508 e. The van der Waals surface area contributed by atoms with Crippen LogP contribution in [-0.2, 0) is 11.2 Å². The molecule has 4 N–H and O–H groups in total. The number of aromatic nitrogens is 1. The van der Waals surface area contributed by atoms with Crippen LogP contribution in [0.25, 0.3) is 10.9 Å². The third-order valence-corrected chi connectivity index (χ3v) is 5.06. The molecule has 1 aromatic heterocycles. The Morgan fingerprint density at radius 1 is 0.938 bits per heavy atom. The van der Waals surface area contributed by atoms with Crippen molar-refractivity contribution in [1.29, 1.82) is 0 Å². The van der Waals surface area contributed by atoms with Gasteiger partial charge in [-0.05, 0) is 60.2 Å². The van der Waals surface area contributed by atoms with E-state index >= 15 is 0 Å². The molecule has 0 aliphatic heterocycles. The third kappa shape index (κ3) is 4.79. The number of anilines is 2. The maximum atomic E-state index is 12.7. The van der Waals surface area contributed by atoms with Gasteiger partial charge in [-0.2, -0.15) is 0 Å². The van der Waals surface area contributed by atoms with Gasteiger partial charge in [-0.1, -0.05) is 29.8 Å². The molecule has 3 aromatic carbocycles. The molecule has 0 aliphatic rings. The molecule has 0 aliphatic carbocycles. The second-order valence-corrected chi connectivity index (χ2v) is 7.57. The fourth-order valence-corrected chi connectivity index (χ4v) is 3.36. The minimum atomic E-state index is -0.610. The molecule has 4 aromatic rings. The topological polar surface area (TPSA) is 111 Å². The minimum absolute atomic E-state index is 0.0607. The van der Waals surface area contributed by atoms with Gasteiger partial charge in [0.25, 0.3) is 11.5 Å². The fraction of sp³-hybridized carbons (Fsp3) is 0.0417. The van der Waals surface area contributed by atoms with E-state index in [-0.39, 0.29) is 23.6 Å². The Kier molecular flexibility index (Phi) is 5.91. The number of aromatic amines is 1. The number of H-pyrrole nitrogens is 1. The predicted molar refractivity (Wildman–Crippen MR) is 124 cm³/mol. The predicted octanol–water partition coefficient (Wildman–Crippen LogP) is 4.32. The van der Waals surface area contributed by atoms with Gasteiger partial charge < -0.3 is 20.7 Å². The highest BCUT2D eigenvalue weighted by atomic mass is 35.5. The molecule has 0 saturated heterocycles. The first-order valence-corrected chi connectivity index (χ1v) is 10.1. The summed E-state index contributed by atoms with van der Waals surface area (Å²) in [4.78, 5) is 40.4. The van der Waals surface area contributed by atoms with Gasteiger partial charge in [-0.3, -0.25) is 14.4 Å². The van der Waals surface area contributed by atoms with Gasteiger partial charge in [0.05, 0.1) is 17.6 Å². The van der Waals surface area contributed by atoms with E-state index < -0.39 is 11.5 Å². The Hall–Kier alpha value is -4.10. The van der Waals surface area contributed by atoms with E-state index in [4.69, 9.17) is 11.6 Å². The molecule has 0 fully saturated rings. The molecule has 0 saturated carbocycles. The third-order valence-electron chi connectivity index (χ3n) is 4.81. The van der Waals surface area contributed by atoms with Crippen molar-refractivity contribution in [3.05, 3.63) is 99.3 Å². The van der Waals surface area contributed by atoms with Gasteiger partial charge in [0.2, 0.25) is 5.91 Å². The first-order valence-electron chi connectivity index (χ1n) is 9.70. The summed E-state index contributed by atoms with van der Waals surface area (Å²) in [6.45, 7) is 0. The molecular formula is C24H18ClN3O4. The summed E-state index contributed by atoms with van der Waals surface area (Å²) in [5.74, 6) is -0.798. The quantitative estimate of drug-likeness (QED) is 0.341. The molecule has 7 nitrogen and oxygen atoms in total. The van der Waals surface area contributed by atoms with Crippen molar-refractivity contribution < 1.29 is 14.7 Å². The standard InChI is InChI=1S/C24H18ClN3O4/c25-15-6-4-14(5-7-15)12-22(30)27-20-2-1-3-21-18(20)13-19(24(32)28-21)23(31)26-16-8-10-17(29)11-9-16/h1-11,13,29H,12H2,(H,26,31)(H,27,30)(H,28,32). The maximum Gasteiger partial charge on any atom is 0.261 e. The molecule has 32 heavy (non-hydrogen) atoms. The summed E-state index contributed by atoms with van der Waals surface area (Å²) in [6.07, 6.45) is 0.144. The lowest BCUT2D eigenvalue weighted by Crippen LogP contribution is -2.23. The SMILES string of the molecule is O=C(Cc1ccc(Cl)cc1)Nc1cccc2[nH]c(=O)c(C(=O)Nc3ccc(O)cc3)cc12. The molecule has 4 rings (SSSR count). The number of aromatic hydroxyl groups is 1. The number of pyridine rings is 1. The van der Waals surface area contributed by atoms with Crippen molar-refractivity contribution in [3.63, 3.8) is 0 Å². The van der Waals surface area contributed by atoms with Crippen molar-refractivity contribution in [2.45, 2.75) is 6.42 Å². The first kappa shape index (κ1) is 21.1. The van der Waals surface area contributed by atoms with Crippen molar-refractivity contribution in [1.82, 2.24) is 4.98 Å². The second kappa shape index (κ2) is 8.95. The Bertz CT molecular complexity index is 1360. The Morgan fingerprint density at radius 3 is 2.38 bits per heavy atom. The molecule has 1 heterocycles. The lowest BCUT2D eigenvalue weighted by molar-refractivity contribution is -0.115. The number of benzene rings is 3. The van der Waals surface area contributed by atoms with Crippen LogP contribution in [0.3, 0.4) is 0 Å². The average Bonchev–Trinajstić information content (AvgIpc) is 2.76.